The van der Waals surface area contributed by atoms with Crippen LogP contribution in [0.2, 0.25) is 5.02 Å². The Morgan fingerprint density at radius 2 is 1.95 bits per heavy atom. The van der Waals surface area contributed by atoms with Crippen molar-refractivity contribution in [3.63, 3.8) is 0 Å². The van der Waals surface area contributed by atoms with E-state index >= 15 is 0 Å². The van der Waals surface area contributed by atoms with Gasteiger partial charge in [-0.2, -0.15) is 0 Å². The fraction of sp³-hybridized carbons (Fsp3) is 0.267. The van der Waals surface area contributed by atoms with Crippen LogP contribution in [0.1, 0.15) is 25.7 Å². The quantitative estimate of drug-likeness (QED) is 0.917. The first-order valence-electron chi connectivity index (χ1n) is 6.77. The van der Waals surface area contributed by atoms with Gasteiger partial charge in [0.1, 0.15) is 0 Å². The van der Waals surface area contributed by atoms with Crippen molar-refractivity contribution in [3.8, 4) is 0 Å². The van der Waals surface area contributed by atoms with E-state index in [0.29, 0.717) is 16.4 Å². The highest BCUT2D eigenvalue weighted by atomic mass is 35.5. The van der Waals surface area contributed by atoms with Gasteiger partial charge in [0, 0.05) is 16.4 Å². The molecule has 1 aliphatic rings. The number of hydrogen-bond acceptors (Lipinski definition) is 4. The minimum atomic E-state index is -2.99. The Morgan fingerprint density at radius 1 is 1.23 bits per heavy atom. The van der Waals surface area contributed by atoms with Crippen LogP contribution in [0.15, 0.2) is 30.3 Å². The molecular formula is C15H14ClNO3S2. The number of halogens is 1. The summed E-state index contributed by atoms with van der Waals surface area (Å²) in [6.07, 6.45) is 0.725. The average molecular weight is 356 g/mol. The second kappa shape index (κ2) is 6.02. The zero-order valence-corrected chi connectivity index (χ0v) is 14.0. The van der Waals surface area contributed by atoms with Gasteiger partial charge in [0.05, 0.1) is 16.4 Å². The maximum atomic E-state index is 12.1. The number of benzene rings is 1. The standard InChI is InChI=1S/C15H14ClNO3S2/c16-12-3-1-10(2-4-12)5-6-17-15(18)13-7-11-8-22(19,20)9-14(11)21-13/h1-4,7H,5-6,8-9H2,(H,17,18). The summed E-state index contributed by atoms with van der Waals surface area (Å²) in [5.74, 6) is -0.0344. The highest BCUT2D eigenvalue weighted by Gasteiger charge is 2.28. The number of hydrogen-bond donors (Lipinski definition) is 1. The molecule has 0 spiro atoms. The van der Waals surface area contributed by atoms with Gasteiger partial charge < -0.3 is 5.32 Å². The molecule has 4 nitrogen and oxygen atoms in total. The highest BCUT2D eigenvalue weighted by Crippen LogP contribution is 2.32. The highest BCUT2D eigenvalue weighted by molar-refractivity contribution is 7.90. The largest absolute Gasteiger partial charge is 0.351 e. The van der Waals surface area contributed by atoms with E-state index in [-0.39, 0.29) is 17.4 Å². The second-order valence-corrected chi connectivity index (χ2v) is 8.86. The third-order valence-electron chi connectivity index (χ3n) is 3.46. The number of fused-ring (bicyclic) bond motifs is 1. The normalized spacial score (nSPS) is 15.5. The predicted octanol–water partition coefficient (Wildman–Crippen LogP) is 2.80. The minimum absolute atomic E-state index is 0.0525. The fourth-order valence-corrected chi connectivity index (χ4v) is 5.67. The fourth-order valence-electron chi connectivity index (χ4n) is 2.37. The molecule has 2 aromatic rings. The molecule has 1 N–H and O–H groups in total. The van der Waals surface area contributed by atoms with Gasteiger partial charge in [0.25, 0.3) is 5.91 Å². The lowest BCUT2D eigenvalue weighted by atomic mass is 10.1. The van der Waals surface area contributed by atoms with Crippen molar-refractivity contribution < 1.29 is 13.2 Å². The molecule has 3 rings (SSSR count). The van der Waals surface area contributed by atoms with Crippen molar-refractivity contribution >= 4 is 38.7 Å². The summed E-state index contributed by atoms with van der Waals surface area (Å²) in [6.45, 7) is 0.529. The number of amides is 1. The van der Waals surface area contributed by atoms with E-state index in [2.05, 4.69) is 5.32 Å². The van der Waals surface area contributed by atoms with Crippen LogP contribution in [-0.4, -0.2) is 20.9 Å². The lowest BCUT2D eigenvalue weighted by Crippen LogP contribution is -2.24. The Kier molecular flexibility index (Phi) is 4.25. The van der Waals surface area contributed by atoms with E-state index in [0.717, 1.165) is 22.4 Å². The number of sulfone groups is 1. The molecule has 0 unspecified atom stereocenters. The summed E-state index contributed by atoms with van der Waals surface area (Å²) in [5, 5.41) is 3.55. The van der Waals surface area contributed by atoms with E-state index in [1.807, 2.05) is 24.3 Å². The Labute approximate surface area is 138 Å². The molecule has 7 heteroatoms. The van der Waals surface area contributed by atoms with E-state index in [1.165, 1.54) is 11.3 Å². The van der Waals surface area contributed by atoms with E-state index in [9.17, 15) is 13.2 Å². The molecule has 1 aromatic heterocycles. The summed E-state index contributed by atoms with van der Waals surface area (Å²) >= 11 is 7.09. The lowest BCUT2D eigenvalue weighted by molar-refractivity contribution is 0.0958. The molecule has 0 fully saturated rings. The third kappa shape index (κ3) is 3.51. The van der Waals surface area contributed by atoms with Crippen LogP contribution in [0.5, 0.6) is 0 Å². The molecular weight excluding hydrogens is 342 g/mol. The minimum Gasteiger partial charge on any atom is -0.351 e. The van der Waals surface area contributed by atoms with Crippen LogP contribution in [0.3, 0.4) is 0 Å². The van der Waals surface area contributed by atoms with Crippen molar-refractivity contribution in [1.29, 1.82) is 0 Å². The SMILES string of the molecule is O=C(NCCc1ccc(Cl)cc1)c1cc2c(s1)CS(=O)(=O)C2. The van der Waals surface area contributed by atoms with Crippen molar-refractivity contribution in [1.82, 2.24) is 5.32 Å². The monoisotopic (exact) mass is 355 g/mol. The van der Waals surface area contributed by atoms with Gasteiger partial charge >= 0.3 is 0 Å². The summed E-state index contributed by atoms with van der Waals surface area (Å²) < 4.78 is 23.0. The molecule has 0 atom stereocenters. The number of carbonyl (C=O) groups excluding carboxylic acids is 1. The topological polar surface area (TPSA) is 63.2 Å². The van der Waals surface area contributed by atoms with Crippen molar-refractivity contribution in [2.24, 2.45) is 0 Å². The number of rotatable bonds is 4. The number of carbonyl (C=O) groups is 1. The zero-order chi connectivity index (χ0) is 15.7. The van der Waals surface area contributed by atoms with E-state index in [1.54, 1.807) is 6.07 Å². The number of thiophene rings is 1. The van der Waals surface area contributed by atoms with Gasteiger partial charge in [0.2, 0.25) is 0 Å². The molecule has 116 valence electrons. The van der Waals surface area contributed by atoms with Gasteiger partial charge in [-0.1, -0.05) is 23.7 Å². The molecule has 0 bridgehead atoms. The van der Waals surface area contributed by atoms with Crippen LogP contribution >= 0.6 is 22.9 Å². The first kappa shape index (κ1) is 15.5. The summed E-state index contributed by atoms with van der Waals surface area (Å²) in [6, 6.07) is 9.20. The third-order valence-corrected chi connectivity index (χ3v) is 6.55. The van der Waals surface area contributed by atoms with Crippen LogP contribution in [0.25, 0.3) is 0 Å². The van der Waals surface area contributed by atoms with Crippen molar-refractivity contribution in [2.45, 2.75) is 17.9 Å². The smallest absolute Gasteiger partial charge is 0.261 e. The Bertz CT molecular complexity index is 780. The number of nitrogens with one attached hydrogen (secondary N) is 1. The Morgan fingerprint density at radius 3 is 2.64 bits per heavy atom. The molecule has 0 saturated carbocycles. The first-order chi connectivity index (χ1) is 10.4. The average Bonchev–Trinajstić information content (AvgIpc) is 2.94. The molecule has 22 heavy (non-hydrogen) atoms. The van der Waals surface area contributed by atoms with Crippen LogP contribution in [0.4, 0.5) is 0 Å². The maximum Gasteiger partial charge on any atom is 0.261 e. The maximum absolute atomic E-state index is 12.1. The zero-order valence-electron chi connectivity index (χ0n) is 11.6. The van der Waals surface area contributed by atoms with Crippen LogP contribution in [-0.2, 0) is 27.8 Å². The van der Waals surface area contributed by atoms with E-state index in [4.69, 9.17) is 11.6 Å². The van der Waals surface area contributed by atoms with Gasteiger partial charge in [-0.05, 0) is 35.7 Å². The van der Waals surface area contributed by atoms with Crippen LogP contribution in [0, 0.1) is 0 Å². The summed E-state index contributed by atoms with van der Waals surface area (Å²) in [7, 11) is -2.99. The molecule has 0 aliphatic carbocycles. The summed E-state index contributed by atoms with van der Waals surface area (Å²) in [5.41, 5.74) is 1.87. The van der Waals surface area contributed by atoms with Crippen molar-refractivity contribution in [3.05, 3.63) is 56.2 Å². The van der Waals surface area contributed by atoms with Crippen LogP contribution < -0.4 is 5.32 Å². The van der Waals surface area contributed by atoms with Crippen molar-refractivity contribution in [2.75, 3.05) is 6.54 Å². The Balaban J connectivity index is 1.56. The molecule has 1 aromatic carbocycles. The summed E-state index contributed by atoms with van der Waals surface area (Å²) in [4.78, 5) is 13.5. The van der Waals surface area contributed by atoms with Gasteiger partial charge in [-0.15, -0.1) is 11.3 Å². The molecule has 0 saturated heterocycles. The lowest BCUT2D eigenvalue weighted by Gasteiger charge is -2.04. The molecule has 2 heterocycles. The second-order valence-electron chi connectivity index (χ2n) is 5.22. The molecule has 1 amide bonds. The predicted molar refractivity (Wildman–Crippen MR) is 88.1 cm³/mol. The molecule has 0 radical (unpaired) electrons. The van der Waals surface area contributed by atoms with Gasteiger partial charge in [-0.3, -0.25) is 4.79 Å². The molecule has 1 aliphatic heterocycles. The van der Waals surface area contributed by atoms with E-state index < -0.39 is 9.84 Å². The Hall–Kier alpha value is -1.37. The van der Waals surface area contributed by atoms with Gasteiger partial charge in [-0.25, -0.2) is 8.42 Å². The van der Waals surface area contributed by atoms with Gasteiger partial charge in [0.15, 0.2) is 9.84 Å². The first-order valence-corrected chi connectivity index (χ1v) is 9.79.